The molecule has 0 aromatic heterocycles. The molecule has 3 rings (SSSR count). The zero-order chi connectivity index (χ0) is 20.7. The number of nitrogens with one attached hydrogen (secondary N) is 1. The van der Waals surface area contributed by atoms with Gasteiger partial charge in [0.2, 0.25) is 0 Å². The molecule has 0 unspecified atom stereocenters. The Kier molecular flexibility index (Phi) is 4.68. The number of ether oxygens (including phenoxy) is 1. The summed E-state index contributed by atoms with van der Waals surface area (Å²) in [6.45, 7) is 4.39. The molecule has 0 saturated heterocycles. The smallest absolute Gasteiger partial charge is 0.282 e. The van der Waals surface area contributed by atoms with Crippen LogP contribution in [0.3, 0.4) is 0 Å². The molecule has 2 aromatic carbocycles. The molecule has 0 saturated carbocycles. The molecule has 1 aliphatic heterocycles. The zero-order valence-corrected chi connectivity index (χ0v) is 15.6. The van der Waals surface area contributed by atoms with E-state index in [1.165, 1.54) is 31.2 Å². The van der Waals surface area contributed by atoms with Crippen molar-refractivity contribution in [2.75, 3.05) is 0 Å². The number of nitro groups is 1. The number of amides is 1. The standard InChI is InChI=1S/C20H20N2O6/c1-12(23)17-14-9-5-7-11-16(14)28-19(2,3)20(17,25)21-18(24)13-8-4-6-10-15(13)22(26)27/h4-11,17,25H,1-3H3,(H,21,24)/t17-,20-/m0/s1. The summed E-state index contributed by atoms with van der Waals surface area (Å²) in [7, 11) is 0. The highest BCUT2D eigenvalue weighted by molar-refractivity contribution is 5.99. The van der Waals surface area contributed by atoms with Gasteiger partial charge < -0.3 is 15.2 Å². The van der Waals surface area contributed by atoms with Gasteiger partial charge >= 0.3 is 0 Å². The molecule has 2 N–H and O–H groups in total. The van der Waals surface area contributed by atoms with Crippen LogP contribution >= 0.6 is 0 Å². The van der Waals surface area contributed by atoms with Gasteiger partial charge in [-0.1, -0.05) is 30.3 Å². The van der Waals surface area contributed by atoms with Crippen LogP contribution in [0.4, 0.5) is 5.69 Å². The van der Waals surface area contributed by atoms with E-state index in [0.717, 1.165) is 0 Å². The first-order valence-electron chi connectivity index (χ1n) is 8.65. The molecule has 0 aliphatic carbocycles. The second-order valence-corrected chi connectivity index (χ2v) is 7.19. The molecule has 8 heteroatoms. The van der Waals surface area contributed by atoms with Gasteiger partial charge in [0.05, 0.1) is 10.8 Å². The number of carbonyl (C=O) groups excluding carboxylic acids is 2. The van der Waals surface area contributed by atoms with E-state index in [1.807, 2.05) is 0 Å². The molecule has 0 spiro atoms. The monoisotopic (exact) mass is 384 g/mol. The van der Waals surface area contributed by atoms with Crippen LogP contribution in [0, 0.1) is 10.1 Å². The highest BCUT2D eigenvalue weighted by Crippen LogP contribution is 2.46. The fraction of sp³-hybridized carbons (Fsp3) is 0.300. The largest absolute Gasteiger partial charge is 0.482 e. The normalized spacial score (nSPS) is 22.5. The first-order chi connectivity index (χ1) is 13.1. The number of nitro benzene ring substituents is 1. The van der Waals surface area contributed by atoms with Crippen LogP contribution in [-0.2, 0) is 4.79 Å². The molecular weight excluding hydrogens is 364 g/mol. The Labute approximate surface area is 161 Å². The summed E-state index contributed by atoms with van der Waals surface area (Å²) < 4.78 is 5.88. The lowest BCUT2D eigenvalue weighted by atomic mass is 9.73. The summed E-state index contributed by atoms with van der Waals surface area (Å²) in [5, 5.41) is 25.2. The maximum Gasteiger partial charge on any atom is 0.282 e. The number of hydrogen-bond acceptors (Lipinski definition) is 6. The fourth-order valence-corrected chi connectivity index (χ4v) is 3.54. The van der Waals surface area contributed by atoms with Crippen molar-refractivity contribution in [2.24, 2.45) is 0 Å². The molecule has 8 nitrogen and oxygen atoms in total. The predicted molar refractivity (Wildman–Crippen MR) is 100 cm³/mol. The Bertz CT molecular complexity index is 971. The van der Waals surface area contributed by atoms with Gasteiger partial charge in [-0.3, -0.25) is 19.7 Å². The molecule has 0 bridgehead atoms. The molecule has 0 fully saturated rings. The highest BCUT2D eigenvalue weighted by atomic mass is 16.6. The number of para-hydroxylation sites is 2. The summed E-state index contributed by atoms with van der Waals surface area (Å²) >= 11 is 0. The maximum absolute atomic E-state index is 12.9. The van der Waals surface area contributed by atoms with Gasteiger partial charge in [-0.05, 0) is 32.9 Å². The van der Waals surface area contributed by atoms with Gasteiger partial charge in [0.25, 0.3) is 11.6 Å². The van der Waals surface area contributed by atoms with Gasteiger partial charge in [0.15, 0.2) is 11.3 Å². The molecule has 1 amide bonds. The van der Waals surface area contributed by atoms with Gasteiger partial charge in [-0.25, -0.2) is 0 Å². The van der Waals surface area contributed by atoms with E-state index < -0.39 is 33.8 Å². The van der Waals surface area contributed by atoms with Crippen molar-refractivity contribution in [3.8, 4) is 5.75 Å². The van der Waals surface area contributed by atoms with E-state index in [-0.39, 0.29) is 11.3 Å². The number of hydrogen-bond donors (Lipinski definition) is 2. The molecule has 28 heavy (non-hydrogen) atoms. The van der Waals surface area contributed by atoms with Crippen molar-refractivity contribution in [3.63, 3.8) is 0 Å². The van der Waals surface area contributed by atoms with E-state index in [9.17, 15) is 24.8 Å². The van der Waals surface area contributed by atoms with Gasteiger partial charge in [-0.15, -0.1) is 0 Å². The van der Waals surface area contributed by atoms with Crippen LogP contribution in [0.1, 0.15) is 42.6 Å². The summed E-state index contributed by atoms with van der Waals surface area (Å²) in [5.41, 5.74) is -3.72. The third kappa shape index (κ3) is 3.01. The minimum Gasteiger partial charge on any atom is -0.482 e. The number of aliphatic hydroxyl groups is 1. The van der Waals surface area contributed by atoms with Gasteiger partial charge in [-0.2, -0.15) is 0 Å². The van der Waals surface area contributed by atoms with E-state index in [0.29, 0.717) is 11.3 Å². The first kappa shape index (κ1) is 19.5. The molecular formula is C20H20N2O6. The molecule has 146 valence electrons. The molecule has 1 heterocycles. The minimum atomic E-state index is -2.13. The lowest BCUT2D eigenvalue weighted by Crippen LogP contribution is -2.70. The third-order valence-corrected chi connectivity index (χ3v) is 4.99. The molecule has 1 aliphatic rings. The first-order valence-corrected chi connectivity index (χ1v) is 8.65. The van der Waals surface area contributed by atoms with Gasteiger partial charge in [0.1, 0.15) is 17.1 Å². The summed E-state index contributed by atoms with van der Waals surface area (Å²) in [6.07, 6.45) is 0. The van der Waals surface area contributed by atoms with E-state index in [2.05, 4.69) is 5.32 Å². The number of fused-ring (bicyclic) bond motifs is 1. The van der Waals surface area contributed by atoms with Crippen molar-refractivity contribution < 1.29 is 24.4 Å². The lowest BCUT2D eigenvalue weighted by molar-refractivity contribution is -0.385. The van der Waals surface area contributed by atoms with Crippen LogP contribution in [0.2, 0.25) is 0 Å². The number of Topliss-reactive ketones (excluding diaryl/α,β-unsaturated/α-hetero) is 1. The summed E-state index contributed by atoms with van der Waals surface area (Å²) in [6, 6.07) is 12.1. The number of carbonyl (C=O) groups is 2. The van der Waals surface area contributed by atoms with Crippen molar-refractivity contribution in [1.29, 1.82) is 0 Å². The number of rotatable bonds is 4. The van der Waals surface area contributed by atoms with Crippen LogP contribution in [0.5, 0.6) is 5.75 Å². The van der Waals surface area contributed by atoms with E-state index >= 15 is 0 Å². The predicted octanol–water partition coefficient (Wildman–Crippen LogP) is 2.56. The van der Waals surface area contributed by atoms with Gasteiger partial charge in [0, 0.05) is 11.6 Å². The summed E-state index contributed by atoms with van der Waals surface area (Å²) in [4.78, 5) is 35.9. The Hall–Kier alpha value is -3.26. The minimum absolute atomic E-state index is 0.224. The van der Waals surface area contributed by atoms with E-state index in [4.69, 9.17) is 4.74 Å². The van der Waals surface area contributed by atoms with Crippen LogP contribution in [0.15, 0.2) is 48.5 Å². The topological polar surface area (TPSA) is 119 Å². The van der Waals surface area contributed by atoms with Crippen molar-refractivity contribution in [1.82, 2.24) is 5.32 Å². The Morgan fingerprint density at radius 1 is 1.14 bits per heavy atom. The maximum atomic E-state index is 12.9. The fourth-order valence-electron chi connectivity index (χ4n) is 3.54. The lowest BCUT2D eigenvalue weighted by Gasteiger charge is -2.50. The second kappa shape index (κ2) is 6.72. The summed E-state index contributed by atoms with van der Waals surface area (Å²) in [5.74, 6) is -1.94. The Balaban J connectivity index is 2.10. The molecule has 0 radical (unpaired) electrons. The Morgan fingerprint density at radius 3 is 2.39 bits per heavy atom. The SMILES string of the molecule is CC(=O)[C@H]1c2ccccc2OC(C)(C)[C@]1(O)NC(=O)c1ccccc1[N+](=O)[O-]. The van der Waals surface area contributed by atoms with Crippen molar-refractivity contribution in [2.45, 2.75) is 38.0 Å². The molecule has 2 aromatic rings. The number of nitrogens with zero attached hydrogens (tertiary/aromatic N) is 1. The van der Waals surface area contributed by atoms with Crippen molar-refractivity contribution in [3.05, 3.63) is 69.8 Å². The number of ketones is 1. The molecule has 2 atom stereocenters. The highest BCUT2D eigenvalue weighted by Gasteiger charge is 2.58. The van der Waals surface area contributed by atoms with Crippen molar-refractivity contribution >= 4 is 17.4 Å². The average Bonchev–Trinajstić information content (AvgIpc) is 2.61. The number of benzene rings is 2. The second-order valence-electron chi connectivity index (χ2n) is 7.19. The Morgan fingerprint density at radius 2 is 1.75 bits per heavy atom. The van der Waals surface area contributed by atoms with E-state index in [1.54, 1.807) is 38.1 Å². The zero-order valence-electron chi connectivity index (χ0n) is 15.6. The van der Waals surface area contributed by atoms with Crippen LogP contribution < -0.4 is 10.1 Å². The average molecular weight is 384 g/mol. The van der Waals surface area contributed by atoms with Crippen LogP contribution in [-0.4, -0.2) is 33.0 Å². The quantitative estimate of drug-likeness (QED) is 0.475. The third-order valence-electron chi connectivity index (χ3n) is 4.99. The van der Waals surface area contributed by atoms with Crippen LogP contribution in [0.25, 0.3) is 0 Å².